The van der Waals surface area contributed by atoms with Crippen molar-refractivity contribution in [2.24, 2.45) is 17.1 Å². The Morgan fingerprint density at radius 1 is 0.976 bits per heavy atom. The van der Waals surface area contributed by atoms with Crippen molar-refractivity contribution in [3.8, 4) is 0 Å². The Morgan fingerprint density at radius 2 is 1.57 bits per heavy atom. The fourth-order valence-corrected chi connectivity index (χ4v) is 5.38. The maximum Gasteiger partial charge on any atom is 0.306 e. The molecule has 1 heterocycles. The van der Waals surface area contributed by atoms with E-state index >= 15 is 0 Å². The summed E-state index contributed by atoms with van der Waals surface area (Å²) in [6, 6.07) is 22.5. The summed E-state index contributed by atoms with van der Waals surface area (Å²) in [6.45, 7) is 4.96. The van der Waals surface area contributed by atoms with E-state index in [1.807, 2.05) is 61.2 Å². The molecular formula is C33H37ClN4O4. The molecule has 0 spiro atoms. The lowest BCUT2D eigenvalue weighted by atomic mass is 9.78. The molecule has 0 saturated carbocycles. The summed E-state index contributed by atoms with van der Waals surface area (Å²) < 4.78 is 5.45. The standard InChI is InChI=1S/C33H37ClN4O4/c1-33(2,32(41)38-18-16-22(17-19-38)20-28(39)42-21-23-6-4-3-5-7-23)29(24-12-14-27(34)15-13-24)37-31(40)26-10-8-25(9-11-26)30(35)36/h3-15,22,29H,16-21H2,1-2H3,(H3,35,36)(H,37,40). The van der Waals surface area contributed by atoms with E-state index in [0.717, 1.165) is 11.1 Å². The second-order valence-corrected chi connectivity index (χ2v) is 11.7. The number of benzene rings is 3. The third-order valence-electron chi connectivity index (χ3n) is 7.81. The van der Waals surface area contributed by atoms with E-state index in [4.69, 9.17) is 27.5 Å². The topological polar surface area (TPSA) is 126 Å². The highest BCUT2D eigenvalue weighted by Crippen LogP contribution is 2.37. The van der Waals surface area contributed by atoms with Gasteiger partial charge in [0.2, 0.25) is 5.91 Å². The first kappa shape index (κ1) is 30.8. The van der Waals surface area contributed by atoms with Crippen LogP contribution in [0.5, 0.6) is 0 Å². The average molecular weight is 589 g/mol. The minimum Gasteiger partial charge on any atom is -0.461 e. The molecule has 4 rings (SSSR count). The van der Waals surface area contributed by atoms with Crippen LogP contribution >= 0.6 is 11.6 Å². The second kappa shape index (κ2) is 13.7. The van der Waals surface area contributed by atoms with E-state index in [1.54, 1.807) is 36.4 Å². The summed E-state index contributed by atoms with van der Waals surface area (Å²) >= 11 is 6.13. The molecule has 220 valence electrons. The van der Waals surface area contributed by atoms with Gasteiger partial charge >= 0.3 is 5.97 Å². The number of piperidine rings is 1. The number of carbonyl (C=O) groups excluding carboxylic acids is 3. The van der Waals surface area contributed by atoms with Gasteiger partial charge in [-0.3, -0.25) is 19.8 Å². The van der Waals surface area contributed by atoms with Crippen LogP contribution < -0.4 is 11.1 Å². The highest BCUT2D eigenvalue weighted by Gasteiger charge is 2.42. The fraction of sp³-hybridized carbons (Fsp3) is 0.333. The number of nitrogens with one attached hydrogen (secondary N) is 2. The summed E-state index contributed by atoms with van der Waals surface area (Å²) in [5, 5.41) is 11.2. The number of nitrogens with zero attached hydrogens (tertiary/aromatic N) is 1. The number of ether oxygens (including phenoxy) is 1. The van der Waals surface area contributed by atoms with Crippen molar-refractivity contribution in [2.45, 2.75) is 45.8 Å². The molecule has 1 aliphatic heterocycles. The van der Waals surface area contributed by atoms with Gasteiger partial charge in [0.25, 0.3) is 5.91 Å². The van der Waals surface area contributed by atoms with E-state index in [1.165, 1.54) is 0 Å². The molecule has 1 atom stereocenters. The van der Waals surface area contributed by atoms with E-state index in [9.17, 15) is 14.4 Å². The van der Waals surface area contributed by atoms with E-state index < -0.39 is 11.5 Å². The van der Waals surface area contributed by atoms with Gasteiger partial charge in [-0.15, -0.1) is 0 Å². The Hall–Kier alpha value is -4.17. The van der Waals surface area contributed by atoms with Crippen LogP contribution in [0.3, 0.4) is 0 Å². The smallest absolute Gasteiger partial charge is 0.306 e. The Bertz CT molecular complexity index is 1400. The number of likely N-dealkylation sites (tertiary alicyclic amines) is 1. The molecule has 1 fully saturated rings. The lowest BCUT2D eigenvalue weighted by Crippen LogP contribution is -2.51. The molecule has 1 unspecified atom stereocenters. The normalized spacial score (nSPS) is 14.6. The number of nitrogens with two attached hydrogens (primary N) is 1. The average Bonchev–Trinajstić information content (AvgIpc) is 2.99. The van der Waals surface area contributed by atoms with Gasteiger partial charge in [0.05, 0.1) is 11.5 Å². The molecule has 1 saturated heterocycles. The Kier molecular flexibility index (Phi) is 10.0. The number of carbonyl (C=O) groups is 3. The number of amides is 2. The lowest BCUT2D eigenvalue weighted by molar-refractivity contribution is -0.147. The number of rotatable bonds is 10. The van der Waals surface area contributed by atoms with Crippen molar-refractivity contribution < 1.29 is 19.1 Å². The summed E-state index contributed by atoms with van der Waals surface area (Å²) in [5.74, 6) is -0.602. The van der Waals surface area contributed by atoms with Crippen molar-refractivity contribution in [3.05, 3.63) is 106 Å². The molecule has 0 radical (unpaired) electrons. The van der Waals surface area contributed by atoms with Crippen LogP contribution in [0.4, 0.5) is 0 Å². The van der Waals surface area contributed by atoms with Crippen LogP contribution in [-0.4, -0.2) is 41.6 Å². The fourth-order valence-electron chi connectivity index (χ4n) is 5.26. The molecule has 0 aliphatic carbocycles. The number of hydrogen-bond donors (Lipinski definition) is 3. The number of hydrogen-bond acceptors (Lipinski definition) is 5. The molecular weight excluding hydrogens is 552 g/mol. The molecule has 42 heavy (non-hydrogen) atoms. The monoisotopic (exact) mass is 588 g/mol. The molecule has 1 aliphatic rings. The van der Waals surface area contributed by atoms with E-state index in [0.29, 0.717) is 48.5 Å². The Labute approximate surface area is 251 Å². The van der Waals surface area contributed by atoms with E-state index in [-0.39, 0.29) is 36.1 Å². The van der Waals surface area contributed by atoms with E-state index in [2.05, 4.69) is 5.32 Å². The highest BCUT2D eigenvalue weighted by molar-refractivity contribution is 6.30. The quantitative estimate of drug-likeness (QED) is 0.164. The van der Waals surface area contributed by atoms with Crippen molar-refractivity contribution in [2.75, 3.05) is 13.1 Å². The first-order valence-corrected chi connectivity index (χ1v) is 14.4. The zero-order chi connectivity index (χ0) is 30.3. The third-order valence-corrected chi connectivity index (χ3v) is 8.06. The molecule has 3 aromatic carbocycles. The second-order valence-electron chi connectivity index (χ2n) is 11.3. The van der Waals surface area contributed by atoms with Crippen molar-refractivity contribution in [1.29, 1.82) is 5.41 Å². The zero-order valence-corrected chi connectivity index (χ0v) is 24.7. The predicted molar refractivity (Wildman–Crippen MR) is 163 cm³/mol. The van der Waals surface area contributed by atoms with Gasteiger partial charge in [-0.05, 0) is 68.0 Å². The minimum absolute atomic E-state index is 0.0828. The molecule has 3 aromatic rings. The third kappa shape index (κ3) is 7.76. The highest BCUT2D eigenvalue weighted by atomic mass is 35.5. The van der Waals surface area contributed by atoms with Crippen LogP contribution in [0.15, 0.2) is 78.9 Å². The van der Waals surface area contributed by atoms with Gasteiger partial charge in [-0.1, -0.05) is 66.2 Å². The van der Waals surface area contributed by atoms with Crippen LogP contribution in [0.2, 0.25) is 5.02 Å². The Balaban J connectivity index is 1.41. The Morgan fingerprint density at radius 3 is 2.17 bits per heavy atom. The summed E-state index contributed by atoms with van der Waals surface area (Å²) in [5.41, 5.74) is 7.16. The van der Waals surface area contributed by atoms with Crippen molar-refractivity contribution in [1.82, 2.24) is 10.2 Å². The van der Waals surface area contributed by atoms with Gasteiger partial charge in [0.15, 0.2) is 0 Å². The first-order valence-electron chi connectivity index (χ1n) is 14.0. The first-order chi connectivity index (χ1) is 20.0. The van der Waals surface area contributed by atoms with Gasteiger partial charge in [0.1, 0.15) is 12.4 Å². The number of esters is 1. The molecule has 2 amide bonds. The van der Waals surface area contributed by atoms with Gasteiger partial charge < -0.3 is 20.7 Å². The van der Waals surface area contributed by atoms with Crippen LogP contribution in [-0.2, 0) is 20.9 Å². The number of nitrogen functional groups attached to an aromatic ring is 1. The SMILES string of the molecule is CC(C)(C(=O)N1CCC(CC(=O)OCc2ccccc2)CC1)C(NC(=O)c1ccc(C(=N)N)cc1)c1ccc(Cl)cc1. The van der Waals surface area contributed by atoms with Gasteiger partial charge in [0, 0.05) is 35.7 Å². The summed E-state index contributed by atoms with van der Waals surface area (Å²) in [4.78, 5) is 41.5. The maximum absolute atomic E-state index is 13.9. The van der Waals surface area contributed by atoms with Crippen LogP contribution in [0, 0.1) is 16.7 Å². The number of amidine groups is 1. The van der Waals surface area contributed by atoms with Crippen LogP contribution in [0.25, 0.3) is 0 Å². The maximum atomic E-state index is 13.9. The van der Waals surface area contributed by atoms with Gasteiger partial charge in [-0.25, -0.2) is 0 Å². The molecule has 9 heteroatoms. The van der Waals surface area contributed by atoms with Crippen LogP contribution in [0.1, 0.15) is 66.2 Å². The van der Waals surface area contributed by atoms with Crippen molar-refractivity contribution in [3.63, 3.8) is 0 Å². The van der Waals surface area contributed by atoms with Gasteiger partial charge in [-0.2, -0.15) is 0 Å². The zero-order valence-electron chi connectivity index (χ0n) is 23.9. The molecule has 0 aromatic heterocycles. The molecule has 0 bridgehead atoms. The predicted octanol–water partition coefficient (Wildman–Crippen LogP) is 5.49. The lowest BCUT2D eigenvalue weighted by Gasteiger charge is -2.40. The molecule has 8 nitrogen and oxygen atoms in total. The van der Waals surface area contributed by atoms with Crippen molar-refractivity contribution >= 4 is 35.2 Å². The minimum atomic E-state index is -0.996. The summed E-state index contributed by atoms with van der Waals surface area (Å²) in [7, 11) is 0. The molecule has 4 N–H and O–H groups in total. The number of halogens is 1. The largest absolute Gasteiger partial charge is 0.461 e. The summed E-state index contributed by atoms with van der Waals surface area (Å²) in [6.07, 6.45) is 1.72.